The average Bonchev–Trinajstić information content (AvgIpc) is 3.43. The van der Waals surface area contributed by atoms with E-state index in [1.54, 1.807) is 35.6 Å². The standard InChI is InChI=1S/C25H15IN2O2S.C7H8O3S.HI/c26-21-10-4-8-19(16-12-14-18(15-13-16)28(29)30)23(21)20-9-5-11-22-24(20)27-25(31-22)17-6-2-1-3-7-17;1-6-2-4-7(5-3-6)11(8,9)10;/h1-15H;2-5H,1H3,(H,8,9,10);1H. The van der Waals surface area contributed by atoms with E-state index in [0.29, 0.717) is 0 Å². The summed E-state index contributed by atoms with van der Waals surface area (Å²) in [5.41, 5.74) is 7.24. The number of hydrogen-bond acceptors (Lipinski definition) is 6. The van der Waals surface area contributed by atoms with E-state index in [-0.39, 0.29) is 39.5 Å². The highest BCUT2D eigenvalue weighted by Crippen LogP contribution is 2.41. The van der Waals surface area contributed by atoms with E-state index in [1.807, 2.05) is 43.3 Å². The number of thiazole rings is 1. The van der Waals surface area contributed by atoms with Crippen molar-refractivity contribution in [1.82, 2.24) is 4.98 Å². The first-order valence-corrected chi connectivity index (χ1v) is 16.0. The van der Waals surface area contributed by atoms with Gasteiger partial charge in [-0.05, 0) is 77.0 Å². The first-order valence-electron chi connectivity index (χ1n) is 12.6. The summed E-state index contributed by atoms with van der Waals surface area (Å²) >= 11 is 4.04. The molecule has 43 heavy (non-hydrogen) atoms. The molecule has 7 nitrogen and oxygen atoms in total. The van der Waals surface area contributed by atoms with Crippen LogP contribution in [0.25, 0.3) is 43.0 Å². The van der Waals surface area contributed by atoms with Crippen LogP contribution < -0.4 is 0 Å². The Bertz CT molecular complexity index is 2000. The Morgan fingerprint density at radius 2 is 1.42 bits per heavy atom. The highest BCUT2D eigenvalue weighted by atomic mass is 127. The van der Waals surface area contributed by atoms with Crippen LogP contribution in [0, 0.1) is 20.6 Å². The molecule has 0 aliphatic carbocycles. The maximum atomic E-state index is 11.1. The van der Waals surface area contributed by atoms with E-state index in [0.717, 1.165) is 52.2 Å². The summed E-state index contributed by atoms with van der Waals surface area (Å²) in [6.45, 7) is 1.84. The van der Waals surface area contributed by atoms with Crippen LogP contribution in [0.1, 0.15) is 5.56 Å². The molecule has 0 saturated carbocycles. The maximum Gasteiger partial charge on any atom is 0.294 e. The summed E-state index contributed by atoms with van der Waals surface area (Å²) in [5.74, 6) is 0. The van der Waals surface area contributed by atoms with Crippen molar-refractivity contribution in [1.29, 1.82) is 0 Å². The Balaban J connectivity index is 0.000000300. The van der Waals surface area contributed by atoms with Crippen LogP contribution in [0.5, 0.6) is 0 Å². The first kappa shape index (κ1) is 32.7. The lowest BCUT2D eigenvalue weighted by molar-refractivity contribution is -0.384. The molecule has 5 aromatic carbocycles. The van der Waals surface area contributed by atoms with Gasteiger partial charge in [0.1, 0.15) is 5.01 Å². The quantitative estimate of drug-likeness (QED) is 0.0802. The van der Waals surface area contributed by atoms with Crippen molar-refractivity contribution in [2.24, 2.45) is 0 Å². The lowest BCUT2D eigenvalue weighted by Crippen LogP contribution is -1.96. The van der Waals surface area contributed by atoms with Gasteiger partial charge in [0.25, 0.3) is 15.8 Å². The predicted molar refractivity (Wildman–Crippen MR) is 192 cm³/mol. The minimum absolute atomic E-state index is 0. The van der Waals surface area contributed by atoms with Gasteiger partial charge in [-0.3, -0.25) is 14.7 Å². The largest absolute Gasteiger partial charge is 0.294 e. The second-order valence-corrected chi connectivity index (χ2v) is 12.9. The Kier molecular flexibility index (Phi) is 10.7. The number of nitrogens with zero attached hydrogens (tertiary/aromatic N) is 2. The van der Waals surface area contributed by atoms with Gasteiger partial charge in [0.05, 0.1) is 20.0 Å². The van der Waals surface area contributed by atoms with Crippen molar-refractivity contribution < 1.29 is 17.9 Å². The van der Waals surface area contributed by atoms with Gasteiger partial charge in [-0.1, -0.05) is 72.3 Å². The van der Waals surface area contributed by atoms with Gasteiger partial charge < -0.3 is 0 Å². The van der Waals surface area contributed by atoms with E-state index in [4.69, 9.17) is 9.54 Å². The second kappa shape index (κ2) is 14.0. The highest BCUT2D eigenvalue weighted by molar-refractivity contribution is 14.1. The smallest absolute Gasteiger partial charge is 0.282 e. The molecule has 0 saturated heterocycles. The van der Waals surface area contributed by atoms with E-state index in [9.17, 15) is 18.5 Å². The third-order valence-corrected chi connectivity index (χ3v) is 9.27. The fourth-order valence-electron chi connectivity index (χ4n) is 4.37. The molecule has 218 valence electrons. The molecular weight excluding hydrogens is 810 g/mol. The van der Waals surface area contributed by atoms with Crippen LogP contribution >= 0.6 is 57.9 Å². The number of non-ortho nitro benzene ring substituents is 1. The van der Waals surface area contributed by atoms with Crippen molar-refractivity contribution in [2.75, 3.05) is 0 Å². The number of aryl methyl sites for hydroxylation is 1. The molecule has 0 aliphatic rings. The second-order valence-electron chi connectivity index (χ2n) is 9.29. The van der Waals surface area contributed by atoms with Crippen LogP contribution in [-0.2, 0) is 10.1 Å². The molecule has 0 bridgehead atoms. The molecule has 1 heterocycles. The zero-order valence-corrected chi connectivity index (χ0v) is 28.7. The normalized spacial score (nSPS) is 10.9. The summed E-state index contributed by atoms with van der Waals surface area (Å²) in [6.07, 6.45) is 0. The number of nitro benzene ring substituents is 1. The van der Waals surface area contributed by atoms with Crippen molar-refractivity contribution in [2.45, 2.75) is 11.8 Å². The number of fused-ring (bicyclic) bond motifs is 1. The first-order chi connectivity index (χ1) is 20.1. The van der Waals surface area contributed by atoms with Crippen LogP contribution in [-0.4, -0.2) is 22.9 Å². The molecule has 11 heteroatoms. The van der Waals surface area contributed by atoms with Crippen molar-refractivity contribution in [3.05, 3.63) is 135 Å². The van der Waals surface area contributed by atoms with E-state index in [1.165, 1.54) is 12.1 Å². The Hall–Kier alpha value is -3.24. The van der Waals surface area contributed by atoms with Gasteiger partial charge in [0.15, 0.2) is 0 Å². The minimum Gasteiger partial charge on any atom is -0.282 e. The summed E-state index contributed by atoms with van der Waals surface area (Å²) < 4.78 is 31.8. The lowest BCUT2D eigenvalue weighted by atomic mass is 9.94. The van der Waals surface area contributed by atoms with E-state index in [2.05, 4.69) is 65.1 Å². The molecule has 0 atom stereocenters. The molecule has 6 rings (SSSR count). The van der Waals surface area contributed by atoms with Gasteiger partial charge >= 0.3 is 0 Å². The molecule has 0 unspecified atom stereocenters. The average molecular weight is 834 g/mol. The summed E-state index contributed by atoms with van der Waals surface area (Å²) in [7, 11) is -4.02. The number of hydrogen-bond donors (Lipinski definition) is 1. The zero-order valence-electron chi connectivity index (χ0n) is 22.5. The molecule has 0 aliphatic heterocycles. The molecule has 6 aromatic rings. The van der Waals surface area contributed by atoms with Gasteiger partial charge in [-0.2, -0.15) is 8.42 Å². The van der Waals surface area contributed by atoms with Crippen molar-refractivity contribution in [3.63, 3.8) is 0 Å². The van der Waals surface area contributed by atoms with E-state index >= 15 is 0 Å². The molecule has 1 N–H and O–H groups in total. The fourth-order valence-corrected chi connectivity index (χ4v) is 6.63. The topological polar surface area (TPSA) is 110 Å². The zero-order chi connectivity index (χ0) is 29.9. The Morgan fingerprint density at radius 3 is 2.05 bits per heavy atom. The van der Waals surface area contributed by atoms with Crippen LogP contribution in [0.3, 0.4) is 0 Å². The van der Waals surface area contributed by atoms with Gasteiger partial charge in [-0.15, -0.1) is 35.3 Å². The fraction of sp³-hybridized carbons (Fsp3) is 0.0312. The molecule has 0 spiro atoms. The monoisotopic (exact) mass is 834 g/mol. The number of nitro groups is 1. The van der Waals surface area contributed by atoms with E-state index < -0.39 is 10.1 Å². The lowest BCUT2D eigenvalue weighted by Gasteiger charge is -2.13. The number of benzene rings is 5. The van der Waals surface area contributed by atoms with Crippen molar-refractivity contribution >= 4 is 83.9 Å². The van der Waals surface area contributed by atoms with Crippen LogP contribution in [0.2, 0.25) is 0 Å². The molecular formula is C32H24I2N2O5S2. The molecule has 0 fully saturated rings. The Morgan fingerprint density at radius 1 is 0.791 bits per heavy atom. The van der Waals surface area contributed by atoms with Crippen LogP contribution in [0.4, 0.5) is 5.69 Å². The number of rotatable bonds is 5. The number of halogens is 2. The van der Waals surface area contributed by atoms with Gasteiger partial charge in [-0.25, -0.2) is 4.98 Å². The highest BCUT2D eigenvalue weighted by Gasteiger charge is 2.17. The minimum atomic E-state index is -4.02. The Labute approximate surface area is 283 Å². The predicted octanol–water partition coefficient (Wildman–Crippen LogP) is 9.67. The van der Waals surface area contributed by atoms with Crippen LogP contribution in [0.15, 0.2) is 120 Å². The molecule has 0 amide bonds. The molecule has 1 aromatic heterocycles. The third-order valence-electron chi connectivity index (χ3n) is 6.43. The summed E-state index contributed by atoms with van der Waals surface area (Å²) in [4.78, 5) is 15.6. The SMILES string of the molecule is Cc1ccc(S(=O)(=O)O)cc1.I.O=[N+]([O-])c1ccc(-c2cccc(I)c2-c2cccc3sc(-c4ccccc4)nc23)cc1. The third kappa shape index (κ3) is 7.65. The van der Waals surface area contributed by atoms with Crippen molar-refractivity contribution in [3.8, 4) is 32.8 Å². The van der Waals surface area contributed by atoms with Gasteiger partial charge in [0.2, 0.25) is 0 Å². The van der Waals surface area contributed by atoms with Gasteiger partial charge in [0, 0.05) is 32.4 Å². The molecule has 0 radical (unpaired) electrons. The number of aromatic nitrogens is 1. The summed E-state index contributed by atoms with van der Waals surface area (Å²) in [6, 6.07) is 35.3. The summed E-state index contributed by atoms with van der Waals surface area (Å²) in [5, 5.41) is 12.0. The maximum absolute atomic E-state index is 11.1. The number of para-hydroxylation sites is 1.